The SMILES string of the molecule is CCNC(=O)CCn1ncc2c1c(C)nn2C(C)C. The smallest absolute Gasteiger partial charge is 0.221 e. The average Bonchev–Trinajstić information content (AvgIpc) is 2.89. The van der Waals surface area contributed by atoms with Crippen LogP contribution in [0.3, 0.4) is 0 Å². The lowest BCUT2D eigenvalue weighted by molar-refractivity contribution is -0.121. The Hall–Kier alpha value is -1.85. The van der Waals surface area contributed by atoms with E-state index in [1.165, 1.54) is 0 Å². The van der Waals surface area contributed by atoms with E-state index in [0.717, 1.165) is 16.7 Å². The van der Waals surface area contributed by atoms with Crippen LogP contribution >= 0.6 is 0 Å². The summed E-state index contributed by atoms with van der Waals surface area (Å²) in [5.41, 5.74) is 3.01. The van der Waals surface area contributed by atoms with Gasteiger partial charge in [0.25, 0.3) is 0 Å². The van der Waals surface area contributed by atoms with Gasteiger partial charge in [-0.1, -0.05) is 0 Å². The minimum atomic E-state index is 0.0556. The number of nitrogens with one attached hydrogen (secondary N) is 1. The lowest BCUT2D eigenvalue weighted by atomic mass is 10.3. The first-order chi connectivity index (χ1) is 9.04. The van der Waals surface area contributed by atoms with Crippen molar-refractivity contribution in [2.45, 2.75) is 46.7 Å². The first-order valence-electron chi connectivity index (χ1n) is 6.72. The van der Waals surface area contributed by atoms with E-state index in [1.54, 1.807) is 0 Å². The summed E-state index contributed by atoms with van der Waals surface area (Å²) in [7, 11) is 0. The first-order valence-corrected chi connectivity index (χ1v) is 6.72. The quantitative estimate of drug-likeness (QED) is 0.892. The van der Waals surface area contributed by atoms with Gasteiger partial charge in [-0.3, -0.25) is 14.2 Å². The third-order valence-electron chi connectivity index (χ3n) is 3.08. The molecular formula is C13H21N5O. The highest BCUT2D eigenvalue weighted by atomic mass is 16.1. The van der Waals surface area contributed by atoms with Crippen LogP contribution in [-0.4, -0.2) is 32.0 Å². The molecule has 2 heterocycles. The Balaban J connectivity index is 2.23. The monoisotopic (exact) mass is 263 g/mol. The number of carbonyl (C=O) groups is 1. The van der Waals surface area contributed by atoms with Crippen molar-refractivity contribution in [1.29, 1.82) is 0 Å². The van der Waals surface area contributed by atoms with Crippen LogP contribution in [0, 0.1) is 6.92 Å². The highest BCUT2D eigenvalue weighted by Gasteiger charge is 2.15. The van der Waals surface area contributed by atoms with Crippen LogP contribution in [-0.2, 0) is 11.3 Å². The lowest BCUT2D eigenvalue weighted by Crippen LogP contribution is -2.23. The van der Waals surface area contributed by atoms with Crippen LogP contribution in [0.1, 0.15) is 38.9 Å². The fourth-order valence-electron chi connectivity index (χ4n) is 2.23. The molecule has 2 aromatic heterocycles. The number of hydrogen-bond acceptors (Lipinski definition) is 3. The normalized spacial score (nSPS) is 11.4. The second-order valence-corrected chi connectivity index (χ2v) is 4.93. The number of hydrogen-bond donors (Lipinski definition) is 1. The number of carbonyl (C=O) groups excluding carboxylic acids is 1. The number of rotatable bonds is 5. The maximum Gasteiger partial charge on any atom is 0.221 e. The van der Waals surface area contributed by atoms with E-state index in [2.05, 4.69) is 29.4 Å². The minimum absolute atomic E-state index is 0.0556. The molecule has 19 heavy (non-hydrogen) atoms. The Morgan fingerprint density at radius 3 is 2.84 bits per heavy atom. The zero-order chi connectivity index (χ0) is 14.0. The summed E-state index contributed by atoms with van der Waals surface area (Å²) in [4.78, 5) is 11.5. The van der Waals surface area contributed by atoms with Gasteiger partial charge in [-0.15, -0.1) is 0 Å². The van der Waals surface area contributed by atoms with Gasteiger partial charge >= 0.3 is 0 Å². The van der Waals surface area contributed by atoms with Gasteiger partial charge in [0, 0.05) is 19.0 Å². The Morgan fingerprint density at radius 1 is 1.47 bits per heavy atom. The Kier molecular flexibility index (Phi) is 3.87. The number of nitrogens with zero attached hydrogens (tertiary/aromatic N) is 4. The van der Waals surface area contributed by atoms with Crippen molar-refractivity contribution >= 4 is 16.9 Å². The molecule has 0 saturated heterocycles. The molecule has 0 aliphatic heterocycles. The Bertz CT molecular complexity index is 581. The molecule has 0 aromatic carbocycles. The van der Waals surface area contributed by atoms with Crippen LogP contribution < -0.4 is 5.32 Å². The van der Waals surface area contributed by atoms with Gasteiger partial charge in [-0.05, 0) is 27.7 Å². The largest absolute Gasteiger partial charge is 0.356 e. The van der Waals surface area contributed by atoms with Gasteiger partial charge in [-0.25, -0.2) is 0 Å². The van der Waals surface area contributed by atoms with Crippen molar-refractivity contribution in [2.24, 2.45) is 0 Å². The zero-order valence-corrected chi connectivity index (χ0v) is 12.0. The summed E-state index contributed by atoms with van der Waals surface area (Å²) in [5, 5.41) is 11.7. The molecule has 2 rings (SSSR count). The van der Waals surface area contributed by atoms with Gasteiger partial charge in [0.15, 0.2) is 0 Å². The maximum absolute atomic E-state index is 11.5. The van der Waals surface area contributed by atoms with Crippen LogP contribution in [0.2, 0.25) is 0 Å². The van der Waals surface area contributed by atoms with E-state index in [9.17, 15) is 4.79 Å². The summed E-state index contributed by atoms with van der Waals surface area (Å²) in [5.74, 6) is 0.0556. The van der Waals surface area contributed by atoms with E-state index in [4.69, 9.17) is 0 Å². The molecule has 104 valence electrons. The maximum atomic E-state index is 11.5. The molecule has 6 nitrogen and oxygen atoms in total. The van der Waals surface area contributed by atoms with Crippen molar-refractivity contribution in [3.05, 3.63) is 11.9 Å². The predicted molar refractivity (Wildman–Crippen MR) is 73.9 cm³/mol. The van der Waals surface area contributed by atoms with Crippen molar-refractivity contribution in [3.63, 3.8) is 0 Å². The molecule has 0 atom stereocenters. The highest BCUT2D eigenvalue weighted by molar-refractivity contribution is 5.78. The summed E-state index contributed by atoms with van der Waals surface area (Å²) in [6, 6.07) is 0.303. The number of aryl methyl sites for hydroxylation is 2. The van der Waals surface area contributed by atoms with Gasteiger partial charge in [0.1, 0.15) is 11.0 Å². The standard InChI is InChI=1S/C13H21N5O/c1-5-14-12(19)6-7-17-13-10(4)16-18(9(2)3)11(13)8-15-17/h8-9H,5-7H2,1-4H3,(H,14,19). The highest BCUT2D eigenvalue weighted by Crippen LogP contribution is 2.21. The fourth-order valence-corrected chi connectivity index (χ4v) is 2.23. The molecule has 0 unspecified atom stereocenters. The van der Waals surface area contributed by atoms with Crippen LogP contribution in [0.25, 0.3) is 11.0 Å². The molecule has 0 radical (unpaired) electrons. The van der Waals surface area contributed by atoms with Gasteiger partial charge in [0.2, 0.25) is 5.91 Å². The summed E-state index contributed by atoms with van der Waals surface area (Å²) < 4.78 is 3.84. The van der Waals surface area contributed by atoms with Crippen LogP contribution in [0.4, 0.5) is 0 Å². The molecule has 1 amide bonds. The molecule has 6 heteroatoms. The molecule has 0 spiro atoms. The summed E-state index contributed by atoms with van der Waals surface area (Å²) >= 11 is 0. The third kappa shape index (κ3) is 2.62. The van der Waals surface area contributed by atoms with Crippen molar-refractivity contribution in [1.82, 2.24) is 24.9 Å². The van der Waals surface area contributed by atoms with Crippen molar-refractivity contribution < 1.29 is 4.79 Å². The topological polar surface area (TPSA) is 64.7 Å². The Morgan fingerprint density at radius 2 is 2.21 bits per heavy atom. The summed E-state index contributed by atoms with van der Waals surface area (Å²) in [6.45, 7) is 9.33. The molecule has 1 N–H and O–H groups in total. The van der Waals surface area contributed by atoms with Crippen LogP contribution in [0.5, 0.6) is 0 Å². The molecule has 0 aliphatic carbocycles. The molecule has 0 aliphatic rings. The van der Waals surface area contributed by atoms with Gasteiger partial charge in [0.05, 0.1) is 18.4 Å². The summed E-state index contributed by atoms with van der Waals surface area (Å²) in [6.07, 6.45) is 2.27. The van der Waals surface area contributed by atoms with Gasteiger partial charge in [-0.2, -0.15) is 10.2 Å². The molecular weight excluding hydrogens is 242 g/mol. The Labute approximate surface area is 112 Å². The molecule has 0 bridgehead atoms. The van der Waals surface area contributed by atoms with E-state index < -0.39 is 0 Å². The lowest BCUT2D eigenvalue weighted by Gasteiger charge is -2.04. The second-order valence-electron chi connectivity index (χ2n) is 4.93. The fraction of sp³-hybridized carbons (Fsp3) is 0.615. The predicted octanol–water partition coefficient (Wildman–Crippen LogP) is 1.65. The van der Waals surface area contributed by atoms with Crippen molar-refractivity contribution in [2.75, 3.05) is 6.54 Å². The van der Waals surface area contributed by atoms with Crippen LogP contribution in [0.15, 0.2) is 6.20 Å². The van der Waals surface area contributed by atoms with E-state index in [1.807, 2.05) is 29.4 Å². The van der Waals surface area contributed by atoms with E-state index in [-0.39, 0.29) is 5.91 Å². The minimum Gasteiger partial charge on any atom is -0.356 e. The number of fused-ring (bicyclic) bond motifs is 1. The zero-order valence-electron chi connectivity index (χ0n) is 12.0. The molecule has 0 fully saturated rings. The number of aromatic nitrogens is 4. The van der Waals surface area contributed by atoms with E-state index >= 15 is 0 Å². The third-order valence-corrected chi connectivity index (χ3v) is 3.08. The number of amides is 1. The van der Waals surface area contributed by atoms with Gasteiger partial charge < -0.3 is 5.32 Å². The first kappa shape index (κ1) is 13.6. The van der Waals surface area contributed by atoms with Crippen molar-refractivity contribution in [3.8, 4) is 0 Å². The van der Waals surface area contributed by atoms with E-state index in [0.29, 0.717) is 25.6 Å². The average molecular weight is 263 g/mol. The molecule has 0 saturated carbocycles. The second kappa shape index (κ2) is 5.42. The molecule has 2 aromatic rings.